The van der Waals surface area contributed by atoms with Gasteiger partial charge in [-0.2, -0.15) is 4.31 Å². The van der Waals surface area contributed by atoms with E-state index in [0.29, 0.717) is 0 Å². The number of hydrogen-bond donors (Lipinski definition) is 2. The third-order valence-corrected chi connectivity index (χ3v) is 4.76. The van der Waals surface area contributed by atoms with Gasteiger partial charge in [-0.25, -0.2) is 8.42 Å². The zero-order chi connectivity index (χ0) is 14.6. The SMILES string of the molecule is CC(O)CN(CC(C)O)S(=O)(=O)c1ccc(Br)cc1. The molecule has 2 atom stereocenters. The Hall–Kier alpha value is -0.470. The lowest BCUT2D eigenvalue weighted by Gasteiger charge is -2.24. The van der Waals surface area contributed by atoms with Gasteiger partial charge in [0.25, 0.3) is 0 Å². The molecule has 0 aliphatic heterocycles. The molecule has 0 fully saturated rings. The average molecular weight is 352 g/mol. The van der Waals surface area contributed by atoms with Crippen LogP contribution in [0.5, 0.6) is 0 Å². The summed E-state index contributed by atoms with van der Waals surface area (Å²) in [5.74, 6) is 0. The molecule has 0 amide bonds. The first kappa shape index (κ1) is 16.6. The first-order valence-corrected chi connectivity index (χ1v) is 8.08. The molecule has 0 saturated carbocycles. The Morgan fingerprint density at radius 3 is 1.89 bits per heavy atom. The molecular weight excluding hydrogens is 334 g/mol. The molecule has 0 aliphatic carbocycles. The van der Waals surface area contributed by atoms with Crippen molar-refractivity contribution in [2.45, 2.75) is 31.0 Å². The number of halogens is 1. The van der Waals surface area contributed by atoms with Crippen molar-refractivity contribution in [3.05, 3.63) is 28.7 Å². The molecule has 5 nitrogen and oxygen atoms in total. The van der Waals surface area contributed by atoms with Crippen LogP contribution in [0.15, 0.2) is 33.6 Å². The van der Waals surface area contributed by atoms with Crippen molar-refractivity contribution in [3.8, 4) is 0 Å². The lowest BCUT2D eigenvalue weighted by molar-refractivity contribution is 0.125. The summed E-state index contributed by atoms with van der Waals surface area (Å²) >= 11 is 3.24. The molecule has 0 heterocycles. The van der Waals surface area contributed by atoms with Crippen LogP contribution in [0.3, 0.4) is 0 Å². The molecule has 0 radical (unpaired) electrons. The highest BCUT2D eigenvalue weighted by Gasteiger charge is 2.26. The number of hydrogen-bond acceptors (Lipinski definition) is 4. The number of sulfonamides is 1. The molecule has 1 rings (SSSR count). The van der Waals surface area contributed by atoms with Gasteiger partial charge in [0.1, 0.15) is 0 Å². The zero-order valence-corrected chi connectivity index (χ0v) is 13.2. The Kier molecular flexibility index (Phi) is 5.94. The summed E-state index contributed by atoms with van der Waals surface area (Å²) in [5, 5.41) is 18.8. The van der Waals surface area contributed by atoms with E-state index in [1.54, 1.807) is 12.1 Å². The minimum absolute atomic E-state index is 0.0523. The van der Waals surface area contributed by atoms with Crippen LogP contribution in [-0.4, -0.2) is 48.2 Å². The molecule has 1 aromatic rings. The largest absolute Gasteiger partial charge is 0.392 e. The lowest BCUT2D eigenvalue weighted by atomic mass is 10.3. The van der Waals surface area contributed by atoms with Crippen LogP contribution in [0.1, 0.15) is 13.8 Å². The molecule has 108 valence electrons. The van der Waals surface area contributed by atoms with E-state index < -0.39 is 22.2 Å². The Balaban J connectivity index is 3.07. The molecule has 1 aromatic carbocycles. The maximum absolute atomic E-state index is 12.4. The maximum atomic E-state index is 12.4. The van der Waals surface area contributed by atoms with Gasteiger partial charge in [0, 0.05) is 17.6 Å². The predicted octanol–water partition coefficient (Wildman–Crippen LogP) is 1.20. The average Bonchev–Trinajstić information content (AvgIpc) is 2.27. The van der Waals surface area contributed by atoms with Crippen LogP contribution < -0.4 is 0 Å². The van der Waals surface area contributed by atoms with E-state index >= 15 is 0 Å². The van der Waals surface area contributed by atoms with Crippen molar-refractivity contribution in [1.82, 2.24) is 4.31 Å². The molecule has 0 aromatic heterocycles. The van der Waals surface area contributed by atoms with E-state index in [1.807, 2.05) is 0 Å². The fraction of sp³-hybridized carbons (Fsp3) is 0.500. The van der Waals surface area contributed by atoms with E-state index in [1.165, 1.54) is 26.0 Å². The van der Waals surface area contributed by atoms with E-state index in [2.05, 4.69) is 15.9 Å². The van der Waals surface area contributed by atoms with Crippen LogP contribution in [0.4, 0.5) is 0 Å². The quantitative estimate of drug-likeness (QED) is 0.807. The summed E-state index contributed by atoms with van der Waals surface area (Å²) in [4.78, 5) is 0.136. The Morgan fingerprint density at radius 2 is 1.53 bits per heavy atom. The highest BCUT2D eigenvalue weighted by molar-refractivity contribution is 9.10. The highest BCUT2D eigenvalue weighted by Crippen LogP contribution is 2.19. The van der Waals surface area contributed by atoms with Gasteiger partial charge in [0.2, 0.25) is 10.0 Å². The minimum atomic E-state index is -3.72. The second-order valence-electron chi connectivity index (χ2n) is 4.47. The maximum Gasteiger partial charge on any atom is 0.243 e. The number of aliphatic hydroxyl groups excluding tert-OH is 2. The topological polar surface area (TPSA) is 77.8 Å². The summed E-state index contributed by atoms with van der Waals surface area (Å²) in [7, 11) is -3.72. The van der Waals surface area contributed by atoms with Crippen molar-refractivity contribution in [2.24, 2.45) is 0 Å². The van der Waals surface area contributed by atoms with E-state index in [0.717, 1.165) is 8.78 Å². The lowest BCUT2D eigenvalue weighted by Crippen LogP contribution is -2.40. The van der Waals surface area contributed by atoms with Gasteiger partial charge < -0.3 is 10.2 Å². The Labute approximate surface area is 122 Å². The van der Waals surface area contributed by atoms with Gasteiger partial charge in [0.15, 0.2) is 0 Å². The van der Waals surface area contributed by atoms with Crippen LogP contribution >= 0.6 is 15.9 Å². The second kappa shape index (κ2) is 6.81. The molecule has 0 bridgehead atoms. The normalized spacial score (nSPS) is 15.5. The second-order valence-corrected chi connectivity index (χ2v) is 7.33. The summed E-state index contributed by atoms with van der Waals surface area (Å²) in [6, 6.07) is 6.23. The molecule has 7 heteroatoms. The van der Waals surface area contributed by atoms with Crippen LogP contribution in [0, 0.1) is 0 Å². The molecule has 0 saturated heterocycles. The van der Waals surface area contributed by atoms with Crippen molar-refractivity contribution in [1.29, 1.82) is 0 Å². The summed E-state index contributed by atoms with van der Waals surface area (Å²) in [6.07, 6.45) is -1.60. The first-order chi connectivity index (χ1) is 8.73. The molecule has 19 heavy (non-hydrogen) atoms. The molecule has 2 N–H and O–H groups in total. The minimum Gasteiger partial charge on any atom is -0.392 e. The number of nitrogens with zero attached hydrogens (tertiary/aromatic N) is 1. The van der Waals surface area contributed by atoms with Crippen LogP contribution in [0.2, 0.25) is 0 Å². The van der Waals surface area contributed by atoms with E-state index in [9.17, 15) is 18.6 Å². The zero-order valence-electron chi connectivity index (χ0n) is 10.8. The standard InChI is InChI=1S/C12H18BrNO4S/c1-9(15)7-14(8-10(2)16)19(17,18)12-5-3-11(13)4-6-12/h3-6,9-10,15-16H,7-8H2,1-2H3. The molecular formula is C12H18BrNO4S. The molecule has 0 spiro atoms. The first-order valence-electron chi connectivity index (χ1n) is 5.85. The fourth-order valence-electron chi connectivity index (χ4n) is 1.62. The van der Waals surface area contributed by atoms with Gasteiger partial charge in [-0.1, -0.05) is 15.9 Å². The van der Waals surface area contributed by atoms with Crippen molar-refractivity contribution >= 4 is 26.0 Å². The highest BCUT2D eigenvalue weighted by atomic mass is 79.9. The van der Waals surface area contributed by atoms with Crippen molar-refractivity contribution in [2.75, 3.05) is 13.1 Å². The molecule has 0 aliphatic rings. The van der Waals surface area contributed by atoms with Crippen LogP contribution in [0.25, 0.3) is 0 Å². The third-order valence-electron chi connectivity index (χ3n) is 2.39. The van der Waals surface area contributed by atoms with E-state index in [-0.39, 0.29) is 18.0 Å². The van der Waals surface area contributed by atoms with Gasteiger partial charge in [-0.15, -0.1) is 0 Å². The summed E-state index contributed by atoms with van der Waals surface area (Å²) < 4.78 is 26.7. The van der Waals surface area contributed by atoms with E-state index in [4.69, 9.17) is 0 Å². The van der Waals surface area contributed by atoms with Gasteiger partial charge in [0.05, 0.1) is 17.1 Å². The third kappa shape index (κ3) is 4.85. The van der Waals surface area contributed by atoms with Crippen molar-refractivity contribution < 1.29 is 18.6 Å². The van der Waals surface area contributed by atoms with Gasteiger partial charge in [-0.3, -0.25) is 0 Å². The van der Waals surface area contributed by atoms with Gasteiger partial charge >= 0.3 is 0 Å². The van der Waals surface area contributed by atoms with Crippen LogP contribution in [-0.2, 0) is 10.0 Å². The number of rotatable bonds is 6. The molecule has 2 unspecified atom stereocenters. The monoisotopic (exact) mass is 351 g/mol. The Bertz CT molecular complexity index is 489. The summed E-state index contributed by atoms with van der Waals surface area (Å²) in [5.41, 5.74) is 0. The fourth-order valence-corrected chi connectivity index (χ4v) is 3.48. The summed E-state index contributed by atoms with van der Waals surface area (Å²) in [6.45, 7) is 2.91. The number of benzene rings is 1. The predicted molar refractivity (Wildman–Crippen MR) is 76.3 cm³/mol. The number of aliphatic hydroxyl groups is 2. The van der Waals surface area contributed by atoms with Gasteiger partial charge in [-0.05, 0) is 38.1 Å². The smallest absolute Gasteiger partial charge is 0.243 e. The van der Waals surface area contributed by atoms with Crippen molar-refractivity contribution in [3.63, 3.8) is 0 Å². The Morgan fingerprint density at radius 1 is 1.11 bits per heavy atom.